The van der Waals surface area contributed by atoms with Crippen molar-refractivity contribution in [1.29, 1.82) is 0 Å². The van der Waals surface area contributed by atoms with E-state index in [9.17, 15) is 19.2 Å². The van der Waals surface area contributed by atoms with E-state index in [1.54, 1.807) is 4.90 Å². The van der Waals surface area contributed by atoms with Crippen molar-refractivity contribution in [1.82, 2.24) is 39.8 Å². The number of Topliss-reactive ketones (excluding diaryl/α,β-unsaturated/α-hetero) is 1. The van der Waals surface area contributed by atoms with Crippen LogP contribution in [0.2, 0.25) is 0 Å². The number of nitrogen functional groups attached to an aromatic ring is 1. The van der Waals surface area contributed by atoms with Gasteiger partial charge in [0.15, 0.2) is 11.9 Å². The van der Waals surface area contributed by atoms with Crippen molar-refractivity contribution >= 4 is 46.4 Å². The SMILES string of the molecule is Nc1ncnc2c1c(-c1ccc(Oc3ccccc3)cc1)nn2C1CCN(C2CN(C3CCC4(CC3)CN(c3ccc5c(c3)C(C(=O)C=O)N(C3CCC(=O)NC3=O)C5)C4)C2)CC1. The molecule has 7 heterocycles. The number of rotatable bonds is 10. The first kappa shape index (κ1) is 39.8. The second-order valence-electron chi connectivity index (χ2n) is 18.6. The number of ketones is 1. The van der Waals surface area contributed by atoms with Gasteiger partial charge < -0.3 is 15.4 Å². The molecule has 15 heteroatoms. The molecule has 2 aromatic heterocycles. The smallest absolute Gasteiger partial charge is 0.243 e. The van der Waals surface area contributed by atoms with E-state index in [-0.39, 0.29) is 18.4 Å². The van der Waals surface area contributed by atoms with E-state index in [2.05, 4.69) is 46.8 Å². The molecule has 324 valence electrons. The average Bonchev–Trinajstić information content (AvgIpc) is 3.86. The van der Waals surface area contributed by atoms with Gasteiger partial charge in [-0.2, -0.15) is 5.10 Å². The van der Waals surface area contributed by atoms with Crippen molar-refractivity contribution in [2.45, 2.75) is 88.1 Å². The quantitative estimate of drug-likeness (QED) is 0.109. The van der Waals surface area contributed by atoms with Gasteiger partial charge in [0.25, 0.3) is 0 Å². The minimum absolute atomic E-state index is 0.218. The summed E-state index contributed by atoms with van der Waals surface area (Å²) < 4.78 is 8.12. The van der Waals surface area contributed by atoms with Crippen molar-refractivity contribution in [3.05, 3.63) is 90.3 Å². The fraction of sp³-hybridized carbons (Fsp3) is 0.438. The molecule has 63 heavy (non-hydrogen) atoms. The van der Waals surface area contributed by atoms with Crippen LogP contribution in [0.15, 0.2) is 79.1 Å². The first-order valence-electron chi connectivity index (χ1n) is 22.5. The van der Waals surface area contributed by atoms with Crippen LogP contribution < -0.4 is 20.7 Å². The summed E-state index contributed by atoms with van der Waals surface area (Å²) in [6.07, 6.45) is 9.30. The highest BCUT2D eigenvalue weighted by Gasteiger charge is 2.49. The number of piperidine rings is 2. The third-order valence-electron chi connectivity index (χ3n) is 14.9. The summed E-state index contributed by atoms with van der Waals surface area (Å²) >= 11 is 0. The van der Waals surface area contributed by atoms with E-state index in [0.717, 1.165) is 103 Å². The number of benzene rings is 3. The number of likely N-dealkylation sites (tertiary alicyclic amines) is 2. The largest absolute Gasteiger partial charge is 0.457 e. The molecule has 5 aliphatic heterocycles. The van der Waals surface area contributed by atoms with Crippen LogP contribution in [0.1, 0.15) is 74.6 Å². The fourth-order valence-corrected chi connectivity index (χ4v) is 11.4. The topological polar surface area (TPSA) is 172 Å². The third kappa shape index (κ3) is 7.25. The van der Waals surface area contributed by atoms with Gasteiger partial charge in [0.1, 0.15) is 35.4 Å². The number of aldehydes is 1. The Morgan fingerprint density at radius 3 is 2.32 bits per heavy atom. The number of ether oxygens (including phenoxy) is 1. The van der Waals surface area contributed by atoms with Crippen LogP contribution in [-0.4, -0.2) is 116 Å². The fourth-order valence-electron chi connectivity index (χ4n) is 11.4. The van der Waals surface area contributed by atoms with Crippen LogP contribution >= 0.6 is 0 Å². The van der Waals surface area contributed by atoms with Gasteiger partial charge in [-0.1, -0.05) is 24.3 Å². The van der Waals surface area contributed by atoms with Gasteiger partial charge in [-0.3, -0.25) is 39.2 Å². The van der Waals surface area contributed by atoms with Gasteiger partial charge in [-0.25, -0.2) is 14.6 Å². The Morgan fingerprint density at radius 1 is 0.841 bits per heavy atom. The van der Waals surface area contributed by atoms with E-state index < -0.39 is 23.8 Å². The van der Waals surface area contributed by atoms with Crippen LogP contribution in [0.4, 0.5) is 11.5 Å². The number of para-hydroxylation sites is 1. The number of nitrogens with two attached hydrogens (primary N) is 1. The summed E-state index contributed by atoms with van der Waals surface area (Å²) in [5, 5.41) is 8.34. The van der Waals surface area contributed by atoms with E-state index in [1.807, 2.05) is 60.7 Å². The van der Waals surface area contributed by atoms with Gasteiger partial charge in [0.2, 0.25) is 17.6 Å². The highest BCUT2D eigenvalue weighted by molar-refractivity contribution is 6.27. The Bertz CT molecular complexity index is 2570. The standard InChI is InChI=1S/C48H52N10O5/c49-45-42-43(30-7-10-37(11-8-30)63-36-4-2-1-3-5-36)53-58(46(42)51-29-50-45)33-16-20-54(21-17-33)35-24-55(25-35)32-14-18-48(19-15-32)27-56(28-48)34-9-6-31-23-57(39-12-13-41(61)52-47(39)62)44(38(31)22-34)40(60)26-59/h1-11,22,26,29,32-33,35,39,44H,12-21,23-25,27-28H2,(H2,49,50,51)(H,52,61,62). The van der Waals surface area contributed by atoms with E-state index in [1.165, 1.54) is 32.0 Å². The highest BCUT2D eigenvalue weighted by atomic mass is 16.5. The summed E-state index contributed by atoms with van der Waals surface area (Å²) in [5.41, 5.74) is 12.1. The molecule has 3 N–H and O–H groups in total. The van der Waals surface area contributed by atoms with E-state index in [0.29, 0.717) is 42.6 Å². The monoisotopic (exact) mass is 848 g/mol. The number of imide groups is 1. The minimum atomic E-state index is -0.810. The summed E-state index contributed by atoms with van der Waals surface area (Å²) in [6.45, 7) is 6.67. The lowest BCUT2D eigenvalue weighted by Gasteiger charge is -2.57. The zero-order chi connectivity index (χ0) is 42.8. The normalized spacial score (nSPS) is 23.7. The number of amides is 2. The first-order valence-corrected chi connectivity index (χ1v) is 22.5. The first-order chi connectivity index (χ1) is 30.7. The molecule has 0 radical (unpaired) electrons. The molecule has 1 spiro atoms. The third-order valence-corrected chi connectivity index (χ3v) is 14.9. The van der Waals surface area contributed by atoms with Crippen LogP contribution in [-0.2, 0) is 25.7 Å². The predicted octanol–water partition coefficient (Wildman–Crippen LogP) is 5.07. The number of hydrogen-bond donors (Lipinski definition) is 2. The second-order valence-corrected chi connectivity index (χ2v) is 18.6. The van der Waals surface area contributed by atoms with Gasteiger partial charge >= 0.3 is 0 Å². The van der Waals surface area contributed by atoms with Crippen molar-refractivity contribution in [2.75, 3.05) is 49.9 Å². The minimum Gasteiger partial charge on any atom is -0.457 e. The van der Waals surface area contributed by atoms with Crippen molar-refractivity contribution in [3.63, 3.8) is 0 Å². The molecule has 2 unspecified atom stereocenters. The molecule has 2 atom stereocenters. The number of fused-ring (bicyclic) bond motifs is 2. The Kier molecular flexibility index (Phi) is 10.1. The molecule has 0 bridgehead atoms. The molecule has 5 aromatic rings. The summed E-state index contributed by atoms with van der Waals surface area (Å²) in [4.78, 5) is 67.9. The zero-order valence-corrected chi connectivity index (χ0v) is 35.3. The molecule has 15 nitrogen and oxygen atoms in total. The Labute approximate surface area is 365 Å². The lowest BCUT2D eigenvalue weighted by atomic mass is 9.66. The van der Waals surface area contributed by atoms with Gasteiger partial charge in [0.05, 0.1) is 17.5 Å². The molecule has 11 rings (SSSR count). The lowest BCUT2D eigenvalue weighted by Crippen LogP contribution is -2.65. The molecule has 2 amide bonds. The number of anilines is 2. The molecule has 6 aliphatic rings. The summed E-state index contributed by atoms with van der Waals surface area (Å²) in [7, 11) is 0. The van der Waals surface area contributed by atoms with E-state index >= 15 is 0 Å². The maximum Gasteiger partial charge on any atom is 0.243 e. The highest BCUT2D eigenvalue weighted by Crippen LogP contribution is 2.48. The van der Waals surface area contributed by atoms with Crippen molar-refractivity contribution < 1.29 is 23.9 Å². The Balaban J connectivity index is 0.670. The number of nitrogens with one attached hydrogen (secondary N) is 1. The van der Waals surface area contributed by atoms with Crippen LogP contribution in [0.3, 0.4) is 0 Å². The van der Waals surface area contributed by atoms with E-state index in [4.69, 9.17) is 15.6 Å². The molecule has 1 saturated carbocycles. The van der Waals surface area contributed by atoms with Gasteiger partial charge in [-0.05, 0) is 105 Å². The number of carbonyl (C=O) groups excluding carboxylic acids is 4. The van der Waals surface area contributed by atoms with Crippen molar-refractivity contribution in [2.24, 2.45) is 5.41 Å². The molecule has 4 saturated heterocycles. The van der Waals surface area contributed by atoms with Crippen LogP contribution in [0.5, 0.6) is 11.5 Å². The maximum absolute atomic E-state index is 13.0. The molecule has 5 fully saturated rings. The van der Waals surface area contributed by atoms with Crippen molar-refractivity contribution in [3.8, 4) is 22.8 Å². The number of aromatic nitrogens is 4. The van der Waals surface area contributed by atoms with Crippen LogP contribution in [0, 0.1) is 5.41 Å². The molecular weight excluding hydrogens is 797 g/mol. The zero-order valence-electron chi connectivity index (χ0n) is 35.3. The van der Waals surface area contributed by atoms with Gasteiger partial charge in [-0.15, -0.1) is 0 Å². The molecule has 3 aromatic carbocycles. The predicted molar refractivity (Wildman–Crippen MR) is 236 cm³/mol. The summed E-state index contributed by atoms with van der Waals surface area (Å²) in [5.74, 6) is 0.717. The number of nitrogens with zero attached hydrogens (tertiary/aromatic N) is 8. The lowest BCUT2D eigenvalue weighted by molar-refractivity contribution is -0.141. The van der Waals surface area contributed by atoms with Crippen LogP contribution in [0.25, 0.3) is 22.3 Å². The Hall–Kier alpha value is -6.03. The number of hydrogen-bond acceptors (Lipinski definition) is 13. The maximum atomic E-state index is 13.0. The average molecular weight is 849 g/mol. The Morgan fingerprint density at radius 2 is 1.59 bits per heavy atom. The second kappa shape index (κ2) is 16.0. The molecular formula is C48H52N10O5. The molecule has 1 aliphatic carbocycles. The number of carbonyl (C=O) groups is 4. The van der Waals surface area contributed by atoms with Gasteiger partial charge in [0, 0.05) is 81.0 Å². The summed E-state index contributed by atoms with van der Waals surface area (Å²) in [6, 6.07) is 23.9.